The van der Waals surface area contributed by atoms with Crippen LogP contribution >= 0.6 is 11.3 Å². The maximum absolute atomic E-state index is 13.5. The molecule has 2 heterocycles. The van der Waals surface area contributed by atoms with Crippen LogP contribution in [0.1, 0.15) is 31.0 Å². The van der Waals surface area contributed by atoms with Gasteiger partial charge in [-0.1, -0.05) is 72.0 Å². The van der Waals surface area contributed by atoms with E-state index in [1.165, 1.54) is 11.3 Å². The Morgan fingerprint density at radius 3 is 2.61 bits per heavy atom. The molecule has 0 amide bonds. The minimum absolute atomic E-state index is 0.221. The van der Waals surface area contributed by atoms with Gasteiger partial charge >= 0.3 is 5.97 Å². The van der Waals surface area contributed by atoms with Gasteiger partial charge in [-0.05, 0) is 31.6 Å². The molecule has 1 aliphatic heterocycles. The van der Waals surface area contributed by atoms with Gasteiger partial charge in [-0.2, -0.15) is 0 Å². The van der Waals surface area contributed by atoms with E-state index in [2.05, 4.69) is 4.99 Å². The first kappa shape index (κ1) is 22.5. The van der Waals surface area contributed by atoms with Crippen molar-refractivity contribution in [2.75, 3.05) is 13.7 Å². The monoisotopic (exact) mass is 460 g/mol. The van der Waals surface area contributed by atoms with Gasteiger partial charge in [0.15, 0.2) is 4.80 Å². The molecule has 4 rings (SSSR count). The van der Waals surface area contributed by atoms with E-state index in [4.69, 9.17) is 9.47 Å². The molecule has 0 spiro atoms. The Bertz CT molecular complexity index is 1410. The van der Waals surface area contributed by atoms with Gasteiger partial charge in [-0.15, -0.1) is 0 Å². The predicted molar refractivity (Wildman–Crippen MR) is 130 cm³/mol. The molecule has 6 nitrogen and oxygen atoms in total. The van der Waals surface area contributed by atoms with Gasteiger partial charge in [0.25, 0.3) is 5.56 Å². The molecular weight excluding hydrogens is 436 g/mol. The van der Waals surface area contributed by atoms with Gasteiger partial charge in [0, 0.05) is 5.56 Å². The zero-order chi connectivity index (χ0) is 23.4. The minimum atomic E-state index is -0.697. The normalized spacial score (nSPS) is 16.0. The summed E-state index contributed by atoms with van der Waals surface area (Å²) in [5, 5.41) is 0. The van der Waals surface area contributed by atoms with E-state index in [0.717, 1.165) is 5.56 Å². The summed E-state index contributed by atoms with van der Waals surface area (Å²) in [6.45, 7) is 3.74. The number of thiazole rings is 1. The van der Waals surface area contributed by atoms with E-state index >= 15 is 0 Å². The maximum Gasteiger partial charge on any atom is 0.338 e. The van der Waals surface area contributed by atoms with Gasteiger partial charge in [-0.3, -0.25) is 9.36 Å². The molecule has 0 saturated carbocycles. The van der Waals surface area contributed by atoms with Crippen molar-refractivity contribution < 1.29 is 14.3 Å². The number of benzene rings is 2. The smallest absolute Gasteiger partial charge is 0.338 e. The van der Waals surface area contributed by atoms with Crippen molar-refractivity contribution in [3.63, 3.8) is 0 Å². The number of ether oxygens (including phenoxy) is 2. The number of rotatable bonds is 6. The van der Waals surface area contributed by atoms with Gasteiger partial charge in [0.1, 0.15) is 11.8 Å². The fraction of sp³-hybridized carbons (Fsp3) is 0.192. The van der Waals surface area contributed by atoms with Crippen molar-refractivity contribution in [3.05, 3.63) is 103 Å². The number of allylic oxidation sites excluding steroid dienone is 2. The molecule has 0 fully saturated rings. The molecule has 33 heavy (non-hydrogen) atoms. The third-order valence-electron chi connectivity index (χ3n) is 5.29. The molecule has 1 aromatic heterocycles. The molecular formula is C26H24N2O4S. The zero-order valence-corrected chi connectivity index (χ0v) is 19.5. The van der Waals surface area contributed by atoms with E-state index < -0.39 is 12.0 Å². The summed E-state index contributed by atoms with van der Waals surface area (Å²) < 4.78 is 13.0. The summed E-state index contributed by atoms with van der Waals surface area (Å²) in [6.07, 6.45) is 5.56. The molecule has 3 aromatic rings. The van der Waals surface area contributed by atoms with E-state index in [0.29, 0.717) is 31.9 Å². The Balaban J connectivity index is 1.90. The van der Waals surface area contributed by atoms with Crippen LogP contribution in [0.5, 0.6) is 5.75 Å². The van der Waals surface area contributed by atoms with Crippen LogP contribution in [0.3, 0.4) is 0 Å². The summed E-state index contributed by atoms with van der Waals surface area (Å²) in [5.74, 6) is 0.0884. The molecule has 0 aliphatic carbocycles. The highest BCUT2D eigenvalue weighted by Gasteiger charge is 2.34. The van der Waals surface area contributed by atoms with E-state index in [9.17, 15) is 9.59 Å². The third kappa shape index (κ3) is 4.45. The molecule has 7 heteroatoms. The molecule has 0 radical (unpaired) electrons. The number of methoxy groups -OCH3 is 1. The molecule has 1 aliphatic rings. The van der Waals surface area contributed by atoms with Crippen LogP contribution < -0.4 is 19.6 Å². The molecule has 0 bridgehead atoms. The number of hydrogen-bond acceptors (Lipinski definition) is 6. The number of carbonyl (C=O) groups is 1. The first-order valence-electron chi connectivity index (χ1n) is 10.6. The summed E-state index contributed by atoms with van der Waals surface area (Å²) in [7, 11) is 1.57. The molecule has 0 saturated heterocycles. The van der Waals surface area contributed by atoms with E-state index in [-0.39, 0.29) is 12.2 Å². The van der Waals surface area contributed by atoms with E-state index in [1.54, 1.807) is 31.6 Å². The predicted octanol–water partition coefficient (Wildman–Crippen LogP) is 3.47. The number of nitrogens with zero attached hydrogens (tertiary/aromatic N) is 2. The fourth-order valence-electron chi connectivity index (χ4n) is 3.80. The average molecular weight is 461 g/mol. The van der Waals surface area contributed by atoms with E-state index in [1.807, 2.05) is 66.7 Å². The highest BCUT2D eigenvalue weighted by Crippen LogP contribution is 2.35. The van der Waals surface area contributed by atoms with Crippen molar-refractivity contribution in [3.8, 4) is 5.75 Å². The van der Waals surface area contributed by atoms with Gasteiger partial charge in [0.05, 0.1) is 29.5 Å². The Hall–Kier alpha value is -3.71. The van der Waals surface area contributed by atoms with Crippen LogP contribution in [0.2, 0.25) is 0 Å². The Labute approximate surface area is 195 Å². The first-order valence-corrected chi connectivity index (χ1v) is 11.4. The molecule has 0 unspecified atom stereocenters. The zero-order valence-electron chi connectivity index (χ0n) is 18.6. The summed E-state index contributed by atoms with van der Waals surface area (Å²) in [5.41, 5.74) is 2.37. The Kier molecular flexibility index (Phi) is 6.70. The van der Waals surface area contributed by atoms with Crippen molar-refractivity contribution in [1.82, 2.24) is 4.57 Å². The lowest BCUT2D eigenvalue weighted by Gasteiger charge is -2.25. The van der Waals surface area contributed by atoms with Gasteiger partial charge < -0.3 is 9.47 Å². The largest absolute Gasteiger partial charge is 0.496 e. The van der Waals surface area contributed by atoms with Crippen LogP contribution in [0.25, 0.3) is 12.2 Å². The second kappa shape index (κ2) is 9.83. The van der Waals surface area contributed by atoms with Crippen LogP contribution in [-0.2, 0) is 9.53 Å². The molecule has 0 N–H and O–H groups in total. The van der Waals surface area contributed by atoms with Crippen molar-refractivity contribution in [2.45, 2.75) is 19.9 Å². The second-order valence-corrected chi connectivity index (χ2v) is 8.35. The van der Waals surface area contributed by atoms with Crippen molar-refractivity contribution in [1.29, 1.82) is 0 Å². The molecule has 1 atom stereocenters. The van der Waals surface area contributed by atoms with Gasteiger partial charge in [0.2, 0.25) is 0 Å². The Morgan fingerprint density at radius 2 is 1.88 bits per heavy atom. The van der Waals surface area contributed by atoms with Gasteiger partial charge in [-0.25, -0.2) is 9.79 Å². The molecule has 2 aromatic carbocycles. The average Bonchev–Trinajstić information content (AvgIpc) is 3.13. The van der Waals surface area contributed by atoms with Crippen LogP contribution in [-0.4, -0.2) is 24.3 Å². The number of fused-ring (bicyclic) bond motifs is 1. The highest BCUT2D eigenvalue weighted by molar-refractivity contribution is 7.07. The summed E-state index contributed by atoms with van der Waals surface area (Å²) >= 11 is 1.29. The van der Waals surface area contributed by atoms with Crippen LogP contribution in [0.15, 0.2) is 81.7 Å². The number of hydrogen-bond donors (Lipinski definition) is 0. The second-order valence-electron chi connectivity index (χ2n) is 7.34. The Morgan fingerprint density at radius 1 is 1.15 bits per heavy atom. The van der Waals surface area contributed by atoms with Crippen LogP contribution in [0, 0.1) is 0 Å². The quantitative estimate of drug-likeness (QED) is 0.528. The number of para-hydroxylation sites is 1. The first-order chi connectivity index (χ1) is 16.0. The number of esters is 1. The van der Waals surface area contributed by atoms with Crippen molar-refractivity contribution >= 4 is 29.5 Å². The minimum Gasteiger partial charge on any atom is -0.496 e. The van der Waals surface area contributed by atoms with Crippen LogP contribution in [0.4, 0.5) is 0 Å². The van der Waals surface area contributed by atoms with Crippen molar-refractivity contribution in [2.24, 2.45) is 4.99 Å². The lowest BCUT2D eigenvalue weighted by molar-refractivity contribution is -0.139. The lowest BCUT2D eigenvalue weighted by Crippen LogP contribution is -2.40. The third-order valence-corrected chi connectivity index (χ3v) is 6.29. The molecule has 168 valence electrons. The lowest BCUT2D eigenvalue weighted by atomic mass is 9.95. The fourth-order valence-corrected chi connectivity index (χ4v) is 4.80. The highest BCUT2D eigenvalue weighted by atomic mass is 32.1. The maximum atomic E-state index is 13.5. The SMILES string of the molecule is CCOC(=O)C1=C(C)N=c2s/c(=C/C=C/c3ccccc3)c(=O)n2[C@@H]1c1ccccc1OC. The number of carbonyl (C=O) groups excluding carboxylic acids is 1. The number of aromatic nitrogens is 1. The summed E-state index contributed by atoms with van der Waals surface area (Å²) in [4.78, 5) is 31.6. The topological polar surface area (TPSA) is 69.9 Å². The summed E-state index contributed by atoms with van der Waals surface area (Å²) in [6, 6.07) is 16.5. The standard InChI is InChI=1S/C26H24N2O4S/c1-4-32-25(30)22-17(2)27-26-28(23(22)19-14-8-9-15-20(19)31-3)24(29)21(33-26)16-10-13-18-11-6-5-7-12-18/h5-16,23H,4H2,1-3H3/b13-10+,21-16+/t23-/m1/s1.